The maximum absolute atomic E-state index is 9.86. The van der Waals surface area contributed by atoms with Crippen molar-refractivity contribution in [3.05, 3.63) is 65.0 Å². The van der Waals surface area contributed by atoms with E-state index in [1.165, 1.54) is 0 Å². The molecule has 31 heavy (non-hydrogen) atoms. The van der Waals surface area contributed by atoms with Gasteiger partial charge >= 0.3 is 0 Å². The molecular formula is C23H20N4O4. The Labute approximate surface area is 178 Å². The number of ether oxygens (including phenoxy) is 4. The number of nitrogens with zero attached hydrogens (tertiary/aromatic N) is 2. The fraction of sp³-hybridized carbons (Fsp3) is 0.217. The molecule has 3 aromatic rings. The molecule has 0 saturated carbocycles. The molecule has 2 aliphatic heterocycles. The molecule has 2 aliphatic rings. The first-order chi connectivity index (χ1) is 15.2. The second-order valence-corrected chi connectivity index (χ2v) is 7.23. The fourth-order valence-electron chi connectivity index (χ4n) is 3.83. The van der Waals surface area contributed by atoms with Gasteiger partial charge in [-0.2, -0.15) is 5.26 Å². The number of allylic oxidation sites excluding steroid dienone is 1. The van der Waals surface area contributed by atoms with Gasteiger partial charge in [0.2, 0.25) is 18.6 Å². The van der Waals surface area contributed by atoms with Crippen LogP contribution in [0.5, 0.6) is 23.1 Å². The minimum absolute atomic E-state index is 0.0510. The number of hydrogen-bond donors (Lipinski definition) is 2. The van der Waals surface area contributed by atoms with E-state index in [1.54, 1.807) is 0 Å². The Balaban J connectivity index is 1.60. The Morgan fingerprint density at radius 1 is 1.19 bits per heavy atom. The quantitative estimate of drug-likeness (QED) is 0.650. The highest BCUT2D eigenvalue weighted by molar-refractivity contribution is 5.73. The number of aromatic nitrogens is 2. The van der Waals surface area contributed by atoms with Crippen LogP contribution < -0.4 is 24.7 Å². The smallest absolute Gasteiger partial charge is 0.244 e. The summed E-state index contributed by atoms with van der Waals surface area (Å²) in [6.45, 7) is 2.89. The highest BCUT2D eigenvalue weighted by atomic mass is 16.7. The average molecular weight is 416 g/mol. The number of benzene rings is 2. The van der Waals surface area contributed by atoms with E-state index in [4.69, 9.17) is 24.7 Å². The maximum Gasteiger partial charge on any atom is 0.244 e. The van der Waals surface area contributed by atoms with Gasteiger partial charge in [0.15, 0.2) is 11.5 Å². The molecule has 1 atom stereocenters. The van der Waals surface area contributed by atoms with E-state index in [0.29, 0.717) is 29.6 Å². The van der Waals surface area contributed by atoms with E-state index < -0.39 is 5.92 Å². The third-order valence-corrected chi connectivity index (χ3v) is 5.29. The molecule has 0 bridgehead atoms. The highest BCUT2D eigenvalue weighted by Gasteiger charge is 2.35. The summed E-state index contributed by atoms with van der Waals surface area (Å²) < 4.78 is 22.3. The largest absolute Gasteiger partial charge is 0.494 e. The summed E-state index contributed by atoms with van der Waals surface area (Å²) in [6, 6.07) is 15.5. The highest BCUT2D eigenvalue weighted by Crippen LogP contribution is 2.47. The van der Waals surface area contributed by atoms with Crippen molar-refractivity contribution in [2.75, 3.05) is 13.4 Å². The van der Waals surface area contributed by atoms with Crippen molar-refractivity contribution in [2.45, 2.75) is 19.3 Å². The fourth-order valence-corrected chi connectivity index (χ4v) is 3.83. The zero-order valence-electron chi connectivity index (χ0n) is 16.8. The second-order valence-electron chi connectivity index (χ2n) is 7.23. The van der Waals surface area contributed by atoms with Gasteiger partial charge in [-0.1, -0.05) is 19.1 Å². The topological polar surface area (TPSA) is 115 Å². The van der Waals surface area contributed by atoms with E-state index in [0.717, 1.165) is 34.6 Å². The molecule has 8 heteroatoms. The number of hydrogen-bond acceptors (Lipinski definition) is 7. The summed E-state index contributed by atoms with van der Waals surface area (Å²) in [5, 5.41) is 17.2. The van der Waals surface area contributed by atoms with Crippen LogP contribution in [0.4, 0.5) is 0 Å². The van der Waals surface area contributed by atoms with Crippen LogP contribution in [-0.4, -0.2) is 23.6 Å². The van der Waals surface area contributed by atoms with E-state index in [-0.39, 0.29) is 12.7 Å². The van der Waals surface area contributed by atoms with Crippen molar-refractivity contribution in [3.8, 4) is 40.5 Å². The zero-order chi connectivity index (χ0) is 21.4. The molecule has 2 aromatic carbocycles. The van der Waals surface area contributed by atoms with Crippen LogP contribution in [0.3, 0.4) is 0 Å². The lowest BCUT2D eigenvalue weighted by molar-refractivity contribution is 0.174. The first kappa shape index (κ1) is 18.9. The van der Waals surface area contributed by atoms with Crippen LogP contribution in [0.2, 0.25) is 0 Å². The predicted octanol–water partition coefficient (Wildman–Crippen LogP) is 3.81. The van der Waals surface area contributed by atoms with Gasteiger partial charge in [0.05, 0.1) is 23.8 Å². The van der Waals surface area contributed by atoms with Gasteiger partial charge in [-0.05, 0) is 42.3 Å². The van der Waals surface area contributed by atoms with Gasteiger partial charge in [-0.25, -0.2) is 0 Å². The van der Waals surface area contributed by atoms with Gasteiger partial charge < -0.3 is 24.7 Å². The van der Waals surface area contributed by atoms with E-state index in [1.807, 2.05) is 42.5 Å². The summed E-state index contributed by atoms with van der Waals surface area (Å²) in [5.41, 5.74) is 9.60. The molecule has 0 aliphatic carbocycles. The van der Waals surface area contributed by atoms with Crippen LogP contribution in [0.1, 0.15) is 30.4 Å². The third-order valence-electron chi connectivity index (χ3n) is 5.29. The molecule has 3 N–H and O–H groups in total. The van der Waals surface area contributed by atoms with Crippen molar-refractivity contribution in [1.29, 1.82) is 5.26 Å². The minimum atomic E-state index is -0.437. The van der Waals surface area contributed by atoms with Crippen molar-refractivity contribution >= 4 is 0 Å². The number of H-pyrrole nitrogens is 1. The van der Waals surface area contributed by atoms with Crippen molar-refractivity contribution < 1.29 is 18.9 Å². The molecule has 0 fully saturated rings. The van der Waals surface area contributed by atoms with E-state index in [9.17, 15) is 5.26 Å². The molecule has 0 radical (unpaired) electrons. The molecule has 3 heterocycles. The molecule has 0 saturated heterocycles. The van der Waals surface area contributed by atoms with Crippen LogP contribution in [0.25, 0.3) is 11.3 Å². The summed E-state index contributed by atoms with van der Waals surface area (Å²) >= 11 is 0. The van der Waals surface area contributed by atoms with Crippen LogP contribution in [0, 0.1) is 11.3 Å². The number of rotatable bonds is 5. The molecule has 8 nitrogen and oxygen atoms in total. The lowest BCUT2D eigenvalue weighted by atomic mass is 9.83. The van der Waals surface area contributed by atoms with Gasteiger partial charge in [0.25, 0.3) is 0 Å². The van der Waals surface area contributed by atoms with Crippen molar-refractivity contribution in [1.82, 2.24) is 10.2 Å². The van der Waals surface area contributed by atoms with Crippen molar-refractivity contribution in [3.63, 3.8) is 0 Å². The Kier molecular flexibility index (Phi) is 4.64. The molecule has 0 unspecified atom stereocenters. The maximum atomic E-state index is 9.86. The standard InChI is InChI=1S/C23H20N4O4/c1-2-9-28-15-6-3-13(4-7-15)19-16(11-24)22(25)31-23-20(19)21(26-27-23)14-5-8-17-18(10-14)30-12-29-17/h3-8,10,19H,2,9,12,25H2,1H3,(H,26,27)/t19-/m0/s1. The lowest BCUT2D eigenvalue weighted by Gasteiger charge is -2.24. The minimum Gasteiger partial charge on any atom is -0.494 e. The van der Waals surface area contributed by atoms with Crippen LogP contribution in [0.15, 0.2) is 53.9 Å². The van der Waals surface area contributed by atoms with Gasteiger partial charge in [0.1, 0.15) is 17.4 Å². The predicted molar refractivity (Wildman–Crippen MR) is 112 cm³/mol. The zero-order valence-corrected chi connectivity index (χ0v) is 16.8. The Morgan fingerprint density at radius 3 is 2.77 bits per heavy atom. The van der Waals surface area contributed by atoms with Gasteiger partial charge in [0, 0.05) is 5.56 Å². The molecule has 0 amide bonds. The Hall–Kier alpha value is -4.12. The molecule has 5 rings (SSSR count). The molecular weight excluding hydrogens is 396 g/mol. The lowest BCUT2D eigenvalue weighted by Crippen LogP contribution is -2.21. The van der Waals surface area contributed by atoms with Gasteiger partial charge in [-0.15, -0.1) is 5.10 Å². The van der Waals surface area contributed by atoms with E-state index >= 15 is 0 Å². The number of nitrogens with one attached hydrogen (secondary N) is 1. The monoisotopic (exact) mass is 416 g/mol. The molecule has 1 aromatic heterocycles. The Morgan fingerprint density at radius 2 is 2.00 bits per heavy atom. The number of aromatic amines is 1. The van der Waals surface area contributed by atoms with Gasteiger partial charge in [-0.3, -0.25) is 5.10 Å². The number of fused-ring (bicyclic) bond motifs is 2. The summed E-state index contributed by atoms with van der Waals surface area (Å²) in [5.74, 6) is 2.08. The molecule has 0 spiro atoms. The normalized spacial score (nSPS) is 16.5. The molecule has 156 valence electrons. The Bertz CT molecular complexity index is 1210. The number of nitriles is 1. The third kappa shape index (κ3) is 3.20. The first-order valence-corrected chi connectivity index (χ1v) is 9.98. The average Bonchev–Trinajstić information content (AvgIpc) is 3.43. The first-order valence-electron chi connectivity index (χ1n) is 9.98. The summed E-state index contributed by atoms with van der Waals surface area (Å²) in [4.78, 5) is 0. The summed E-state index contributed by atoms with van der Waals surface area (Å²) in [7, 11) is 0. The van der Waals surface area contributed by atoms with Crippen LogP contribution >= 0.6 is 0 Å². The van der Waals surface area contributed by atoms with Crippen molar-refractivity contribution in [2.24, 2.45) is 5.73 Å². The van der Waals surface area contributed by atoms with Crippen LogP contribution in [-0.2, 0) is 0 Å². The SMILES string of the molecule is CCCOc1ccc([C@H]2C(C#N)=C(N)Oc3n[nH]c(-c4ccc5c(c4)OCO5)c32)cc1. The summed E-state index contributed by atoms with van der Waals surface area (Å²) in [6.07, 6.45) is 0.927. The number of nitrogens with two attached hydrogens (primary N) is 1. The second kappa shape index (κ2) is 7.61. The van der Waals surface area contributed by atoms with E-state index in [2.05, 4.69) is 23.2 Å².